The molecule has 0 radical (unpaired) electrons. The molecule has 0 spiro atoms. The Morgan fingerprint density at radius 1 is 1.38 bits per heavy atom. The second-order valence-electron chi connectivity index (χ2n) is 4.15. The molecular formula is C13H16F2N2O4. The molecule has 0 fully saturated rings. The Balaban J connectivity index is 2.50. The van der Waals surface area contributed by atoms with Crippen molar-refractivity contribution in [3.63, 3.8) is 0 Å². The van der Waals surface area contributed by atoms with Gasteiger partial charge in [-0.25, -0.2) is 18.4 Å². The molecule has 21 heavy (non-hydrogen) atoms. The predicted molar refractivity (Wildman–Crippen MR) is 72.0 cm³/mol. The van der Waals surface area contributed by atoms with E-state index in [0.29, 0.717) is 5.56 Å². The molecule has 8 heteroatoms. The van der Waals surface area contributed by atoms with Crippen molar-refractivity contribution in [2.45, 2.75) is 13.3 Å². The number of para-hydroxylation sites is 1. The zero-order valence-corrected chi connectivity index (χ0v) is 11.4. The van der Waals surface area contributed by atoms with Gasteiger partial charge in [0.1, 0.15) is 6.61 Å². The molecule has 1 aromatic rings. The summed E-state index contributed by atoms with van der Waals surface area (Å²) in [5.41, 5.74) is 0.758. The lowest BCUT2D eigenvalue weighted by atomic mass is 10.1. The van der Waals surface area contributed by atoms with E-state index in [1.165, 1.54) is 6.07 Å². The Hall–Kier alpha value is -2.22. The summed E-state index contributed by atoms with van der Waals surface area (Å²) >= 11 is 0. The van der Waals surface area contributed by atoms with Gasteiger partial charge < -0.3 is 20.5 Å². The largest absolute Gasteiger partial charge is 0.478 e. The molecule has 0 bridgehead atoms. The van der Waals surface area contributed by atoms with Gasteiger partial charge in [-0.05, 0) is 18.6 Å². The van der Waals surface area contributed by atoms with Crippen molar-refractivity contribution >= 4 is 17.7 Å². The van der Waals surface area contributed by atoms with E-state index in [-0.39, 0.29) is 24.4 Å². The highest BCUT2D eigenvalue weighted by Gasteiger charge is 2.14. The van der Waals surface area contributed by atoms with Gasteiger partial charge in [0, 0.05) is 6.54 Å². The number of alkyl halides is 2. The SMILES string of the molecule is Cc1cccc(C(=O)O)c1NC(=O)NCCOCC(F)F. The van der Waals surface area contributed by atoms with Gasteiger partial charge in [-0.2, -0.15) is 0 Å². The maximum absolute atomic E-state index is 11.8. The lowest BCUT2D eigenvalue weighted by molar-refractivity contribution is 0.0194. The third-order valence-corrected chi connectivity index (χ3v) is 2.52. The summed E-state index contributed by atoms with van der Waals surface area (Å²) in [5.74, 6) is -1.16. The quantitative estimate of drug-likeness (QED) is 0.673. The fraction of sp³-hybridized carbons (Fsp3) is 0.385. The zero-order chi connectivity index (χ0) is 15.8. The average Bonchev–Trinajstić information content (AvgIpc) is 2.40. The zero-order valence-electron chi connectivity index (χ0n) is 11.4. The topological polar surface area (TPSA) is 87.7 Å². The molecule has 2 amide bonds. The van der Waals surface area contributed by atoms with Crippen LogP contribution in [0.1, 0.15) is 15.9 Å². The summed E-state index contributed by atoms with van der Waals surface area (Å²) in [5, 5.41) is 13.8. The number of carboxylic acid groups (broad SMARTS) is 1. The van der Waals surface area contributed by atoms with Gasteiger partial charge in [-0.3, -0.25) is 0 Å². The highest BCUT2D eigenvalue weighted by Crippen LogP contribution is 2.20. The van der Waals surface area contributed by atoms with E-state index < -0.39 is 25.0 Å². The lowest BCUT2D eigenvalue weighted by Gasteiger charge is -2.12. The summed E-state index contributed by atoms with van der Waals surface area (Å²) in [7, 11) is 0. The van der Waals surface area contributed by atoms with Crippen LogP contribution in [0.25, 0.3) is 0 Å². The van der Waals surface area contributed by atoms with Crippen molar-refractivity contribution in [3.05, 3.63) is 29.3 Å². The molecule has 6 nitrogen and oxygen atoms in total. The predicted octanol–water partition coefficient (Wildman–Crippen LogP) is 2.10. The molecule has 3 N–H and O–H groups in total. The Labute approximate surface area is 120 Å². The van der Waals surface area contributed by atoms with Crippen LogP contribution in [0.4, 0.5) is 19.3 Å². The monoisotopic (exact) mass is 302 g/mol. The van der Waals surface area contributed by atoms with Gasteiger partial charge in [-0.15, -0.1) is 0 Å². The molecule has 0 aliphatic heterocycles. The van der Waals surface area contributed by atoms with Gasteiger partial charge in [0.05, 0.1) is 17.9 Å². The molecule has 0 heterocycles. The maximum atomic E-state index is 11.8. The van der Waals surface area contributed by atoms with Crippen LogP contribution in [0.2, 0.25) is 0 Å². The van der Waals surface area contributed by atoms with Crippen molar-refractivity contribution < 1.29 is 28.2 Å². The Morgan fingerprint density at radius 3 is 2.71 bits per heavy atom. The molecule has 1 aromatic carbocycles. The van der Waals surface area contributed by atoms with E-state index in [4.69, 9.17) is 5.11 Å². The number of nitrogens with one attached hydrogen (secondary N) is 2. The average molecular weight is 302 g/mol. The van der Waals surface area contributed by atoms with E-state index in [2.05, 4.69) is 15.4 Å². The van der Waals surface area contributed by atoms with Crippen LogP contribution in [0.15, 0.2) is 18.2 Å². The number of halogens is 2. The number of hydrogen-bond donors (Lipinski definition) is 3. The van der Waals surface area contributed by atoms with E-state index in [0.717, 1.165) is 0 Å². The standard InChI is InChI=1S/C13H16F2N2O4/c1-8-3-2-4-9(12(18)19)11(8)17-13(20)16-5-6-21-7-10(14)15/h2-4,10H,5-7H2,1H3,(H,18,19)(H2,16,17,20). The minimum Gasteiger partial charge on any atom is -0.478 e. The van der Waals surface area contributed by atoms with Crippen LogP contribution in [0.5, 0.6) is 0 Å². The first-order chi connectivity index (χ1) is 9.91. The Kier molecular flexibility index (Phi) is 6.54. The van der Waals surface area contributed by atoms with Crippen LogP contribution in [-0.2, 0) is 4.74 Å². The second-order valence-corrected chi connectivity index (χ2v) is 4.15. The Bertz CT molecular complexity index is 509. The number of aromatic carboxylic acids is 1. The number of amides is 2. The fourth-order valence-electron chi connectivity index (χ4n) is 1.58. The highest BCUT2D eigenvalue weighted by atomic mass is 19.3. The maximum Gasteiger partial charge on any atom is 0.337 e. The van der Waals surface area contributed by atoms with Crippen LogP contribution in [-0.4, -0.2) is 43.3 Å². The molecule has 1 rings (SSSR count). The van der Waals surface area contributed by atoms with E-state index in [1.54, 1.807) is 19.1 Å². The molecule has 116 valence electrons. The van der Waals surface area contributed by atoms with Crippen molar-refractivity contribution in [3.8, 4) is 0 Å². The van der Waals surface area contributed by atoms with Crippen LogP contribution in [0.3, 0.4) is 0 Å². The number of benzene rings is 1. The van der Waals surface area contributed by atoms with Gasteiger partial charge >= 0.3 is 12.0 Å². The van der Waals surface area contributed by atoms with Crippen molar-refractivity contribution in [2.24, 2.45) is 0 Å². The van der Waals surface area contributed by atoms with Gasteiger partial charge in [0.2, 0.25) is 0 Å². The van der Waals surface area contributed by atoms with Crippen molar-refractivity contribution in [1.29, 1.82) is 0 Å². The summed E-state index contributed by atoms with van der Waals surface area (Å²) in [4.78, 5) is 22.7. The molecule has 0 aromatic heterocycles. The first-order valence-electron chi connectivity index (χ1n) is 6.15. The van der Waals surface area contributed by atoms with Crippen LogP contribution in [0, 0.1) is 6.92 Å². The Morgan fingerprint density at radius 2 is 2.10 bits per heavy atom. The number of carbonyl (C=O) groups is 2. The number of anilines is 1. The number of rotatable bonds is 7. The highest BCUT2D eigenvalue weighted by molar-refractivity contribution is 6.00. The summed E-state index contributed by atoms with van der Waals surface area (Å²) in [6, 6.07) is 3.97. The van der Waals surface area contributed by atoms with Gasteiger partial charge in [0.25, 0.3) is 6.43 Å². The smallest absolute Gasteiger partial charge is 0.337 e. The normalized spacial score (nSPS) is 10.5. The molecule has 0 aliphatic carbocycles. The first kappa shape index (κ1) is 16.8. The van der Waals surface area contributed by atoms with Crippen LogP contribution < -0.4 is 10.6 Å². The van der Waals surface area contributed by atoms with E-state index >= 15 is 0 Å². The lowest BCUT2D eigenvalue weighted by Crippen LogP contribution is -2.32. The first-order valence-corrected chi connectivity index (χ1v) is 6.15. The van der Waals surface area contributed by atoms with Crippen LogP contribution >= 0.6 is 0 Å². The van der Waals surface area contributed by atoms with Crippen molar-refractivity contribution in [2.75, 3.05) is 25.1 Å². The summed E-state index contributed by atoms with van der Waals surface area (Å²) < 4.78 is 28.2. The molecule has 0 unspecified atom stereocenters. The van der Waals surface area contributed by atoms with Crippen molar-refractivity contribution in [1.82, 2.24) is 5.32 Å². The molecular weight excluding hydrogens is 286 g/mol. The van der Waals surface area contributed by atoms with E-state index in [9.17, 15) is 18.4 Å². The second kappa shape index (κ2) is 8.15. The number of hydrogen-bond acceptors (Lipinski definition) is 3. The summed E-state index contributed by atoms with van der Waals surface area (Å²) in [6.07, 6.45) is -2.55. The number of urea groups is 1. The number of carboxylic acids is 1. The molecule has 0 saturated carbocycles. The number of ether oxygens (including phenoxy) is 1. The minimum absolute atomic E-state index is 0.0286. The molecule has 0 aliphatic rings. The third-order valence-electron chi connectivity index (χ3n) is 2.52. The number of carbonyl (C=O) groups excluding carboxylic acids is 1. The minimum atomic E-state index is -2.55. The number of aryl methyl sites for hydroxylation is 1. The molecule has 0 saturated heterocycles. The third kappa shape index (κ3) is 5.74. The van der Waals surface area contributed by atoms with E-state index in [1.807, 2.05) is 0 Å². The molecule has 0 atom stereocenters. The van der Waals surface area contributed by atoms with Gasteiger partial charge in [0.15, 0.2) is 0 Å². The van der Waals surface area contributed by atoms with Gasteiger partial charge in [-0.1, -0.05) is 12.1 Å². The summed E-state index contributed by atoms with van der Waals surface area (Å²) in [6.45, 7) is 0.947. The fourth-order valence-corrected chi connectivity index (χ4v) is 1.58.